The Labute approximate surface area is 86.5 Å². The largest absolute Gasteiger partial charge is 0.269 e. The molecule has 0 bridgehead atoms. The van der Waals surface area contributed by atoms with Crippen LogP contribution < -0.4 is 0 Å². The second-order valence-electron chi connectivity index (χ2n) is 2.41. The molecule has 0 N–H and O–H groups in total. The van der Waals surface area contributed by atoms with Gasteiger partial charge < -0.3 is 0 Å². The summed E-state index contributed by atoms with van der Waals surface area (Å²) < 4.78 is 37.5. The minimum atomic E-state index is -3.03. The third-order valence-electron chi connectivity index (χ3n) is 1.62. The van der Waals surface area contributed by atoms with Crippen LogP contribution in [0.5, 0.6) is 0 Å². The highest BCUT2D eigenvalue weighted by Gasteiger charge is 2.21. The van der Waals surface area contributed by atoms with Crippen molar-refractivity contribution in [1.82, 2.24) is 4.98 Å². The maximum atomic E-state index is 12.8. The van der Waals surface area contributed by atoms with E-state index >= 15 is 0 Å². The van der Waals surface area contributed by atoms with Gasteiger partial charge in [-0.1, -0.05) is 15.9 Å². The van der Waals surface area contributed by atoms with Crippen LogP contribution in [0.4, 0.5) is 13.2 Å². The Hall–Kier alpha value is -1.09. The maximum absolute atomic E-state index is 12.8. The van der Waals surface area contributed by atoms with Crippen LogP contribution in [0, 0.1) is 17.3 Å². The summed E-state index contributed by atoms with van der Waals surface area (Å²) in [5.41, 5.74) is -1.02. The van der Waals surface area contributed by atoms with Crippen molar-refractivity contribution in [3.63, 3.8) is 0 Å². The maximum Gasteiger partial charge on any atom is 0.269 e. The Morgan fingerprint density at radius 3 is 2.64 bits per heavy atom. The molecule has 14 heavy (non-hydrogen) atoms. The second kappa shape index (κ2) is 4.42. The van der Waals surface area contributed by atoms with E-state index in [0.29, 0.717) is 0 Å². The lowest BCUT2D eigenvalue weighted by Crippen LogP contribution is -2.02. The molecule has 0 amide bonds. The van der Waals surface area contributed by atoms with Crippen LogP contribution in [0.1, 0.15) is 23.1 Å². The fourth-order valence-corrected chi connectivity index (χ4v) is 1.40. The molecule has 0 atom stereocenters. The Kier molecular flexibility index (Phi) is 3.47. The van der Waals surface area contributed by atoms with Crippen molar-refractivity contribution in [2.45, 2.75) is 11.8 Å². The summed E-state index contributed by atoms with van der Waals surface area (Å²) in [4.78, 5) is 3.15. The molecule has 1 rings (SSSR count). The van der Waals surface area contributed by atoms with Crippen molar-refractivity contribution in [2.75, 3.05) is 0 Å². The topological polar surface area (TPSA) is 36.7 Å². The third-order valence-corrected chi connectivity index (χ3v) is 2.22. The standard InChI is InChI=1S/C8H4BrF3N2/c9-1-4-3-14-8(12)6(7(10)11)5(4)2-13/h3,7H,1H2. The van der Waals surface area contributed by atoms with Gasteiger partial charge in [-0.05, 0) is 5.56 Å². The van der Waals surface area contributed by atoms with Gasteiger partial charge in [0.2, 0.25) is 5.95 Å². The molecule has 2 nitrogen and oxygen atoms in total. The fraction of sp³-hybridized carbons (Fsp3) is 0.250. The number of halogens is 4. The number of alkyl halides is 3. The number of hydrogen-bond donors (Lipinski definition) is 0. The average molecular weight is 265 g/mol. The van der Waals surface area contributed by atoms with E-state index in [1.807, 2.05) is 0 Å². The van der Waals surface area contributed by atoms with Crippen LogP contribution in [0.2, 0.25) is 0 Å². The van der Waals surface area contributed by atoms with Crippen molar-refractivity contribution in [2.24, 2.45) is 0 Å². The van der Waals surface area contributed by atoms with Crippen LogP contribution in [0.3, 0.4) is 0 Å². The Morgan fingerprint density at radius 2 is 2.21 bits per heavy atom. The molecule has 0 aromatic carbocycles. The average Bonchev–Trinajstić information content (AvgIpc) is 2.16. The van der Waals surface area contributed by atoms with Crippen LogP contribution in [-0.2, 0) is 5.33 Å². The monoisotopic (exact) mass is 264 g/mol. The lowest BCUT2D eigenvalue weighted by Gasteiger charge is -2.06. The predicted molar refractivity (Wildman–Crippen MR) is 46.5 cm³/mol. The summed E-state index contributed by atoms with van der Waals surface area (Å²) in [7, 11) is 0. The molecule has 0 spiro atoms. The van der Waals surface area contributed by atoms with Gasteiger partial charge in [0.15, 0.2) is 0 Å². The number of aromatic nitrogens is 1. The summed E-state index contributed by atoms with van der Waals surface area (Å²) in [5, 5.41) is 8.79. The molecule has 1 heterocycles. The Bertz CT molecular complexity index is 387. The van der Waals surface area contributed by atoms with Gasteiger partial charge in [-0.2, -0.15) is 9.65 Å². The summed E-state index contributed by atoms with van der Waals surface area (Å²) in [6.45, 7) is 0. The van der Waals surface area contributed by atoms with Crippen LogP contribution >= 0.6 is 15.9 Å². The first-order valence-corrected chi connectivity index (χ1v) is 4.65. The number of hydrogen-bond acceptors (Lipinski definition) is 2. The van der Waals surface area contributed by atoms with Crippen molar-refractivity contribution in [3.05, 3.63) is 28.8 Å². The van der Waals surface area contributed by atoms with E-state index in [2.05, 4.69) is 20.9 Å². The lowest BCUT2D eigenvalue weighted by molar-refractivity contribution is 0.144. The zero-order chi connectivity index (χ0) is 10.7. The molecule has 74 valence electrons. The third kappa shape index (κ3) is 1.87. The van der Waals surface area contributed by atoms with E-state index in [9.17, 15) is 13.2 Å². The van der Waals surface area contributed by atoms with E-state index in [0.717, 1.165) is 6.20 Å². The summed E-state index contributed by atoms with van der Waals surface area (Å²) >= 11 is 3.00. The Balaban J connectivity index is 3.45. The van der Waals surface area contributed by atoms with Gasteiger partial charge in [-0.3, -0.25) is 0 Å². The number of nitrogens with zero attached hydrogens (tertiary/aromatic N) is 2. The van der Waals surface area contributed by atoms with Crippen molar-refractivity contribution < 1.29 is 13.2 Å². The van der Waals surface area contributed by atoms with Gasteiger partial charge in [0.1, 0.15) is 6.07 Å². The highest BCUT2D eigenvalue weighted by molar-refractivity contribution is 9.08. The quantitative estimate of drug-likeness (QED) is 0.609. The van der Waals surface area contributed by atoms with E-state index in [1.54, 1.807) is 6.07 Å². The molecule has 0 unspecified atom stereocenters. The van der Waals surface area contributed by atoms with Gasteiger partial charge in [0.05, 0.1) is 11.1 Å². The molecule has 1 aromatic heterocycles. The van der Waals surface area contributed by atoms with Crippen LogP contribution in [0.25, 0.3) is 0 Å². The van der Waals surface area contributed by atoms with Crippen molar-refractivity contribution in [1.29, 1.82) is 5.26 Å². The highest BCUT2D eigenvalue weighted by Crippen LogP contribution is 2.27. The molecule has 0 aliphatic rings. The molecular weight excluding hydrogens is 261 g/mol. The smallest absolute Gasteiger partial charge is 0.228 e. The molecule has 0 saturated carbocycles. The van der Waals surface area contributed by atoms with E-state index in [-0.39, 0.29) is 16.5 Å². The van der Waals surface area contributed by atoms with Gasteiger partial charge in [-0.15, -0.1) is 0 Å². The summed E-state index contributed by atoms with van der Waals surface area (Å²) in [5.74, 6) is -1.29. The SMILES string of the molecule is N#Cc1c(CBr)cnc(F)c1C(F)F. The highest BCUT2D eigenvalue weighted by atomic mass is 79.9. The predicted octanol–water partition coefficient (Wildman–Crippen LogP) is 2.92. The van der Waals surface area contributed by atoms with E-state index < -0.39 is 17.9 Å². The number of rotatable bonds is 2. The molecule has 0 aliphatic heterocycles. The molecule has 0 saturated heterocycles. The van der Waals surface area contributed by atoms with Crippen molar-refractivity contribution in [3.8, 4) is 6.07 Å². The zero-order valence-electron chi connectivity index (χ0n) is 6.77. The molecule has 1 aromatic rings. The molecule has 0 fully saturated rings. The molecule has 6 heteroatoms. The van der Waals surface area contributed by atoms with E-state index in [1.165, 1.54) is 0 Å². The first-order chi connectivity index (χ1) is 6.61. The zero-order valence-corrected chi connectivity index (χ0v) is 8.35. The second-order valence-corrected chi connectivity index (χ2v) is 2.97. The minimum absolute atomic E-state index is 0.183. The normalized spacial score (nSPS) is 10.3. The Morgan fingerprint density at radius 1 is 1.57 bits per heavy atom. The van der Waals surface area contributed by atoms with Crippen LogP contribution in [0.15, 0.2) is 6.20 Å². The van der Waals surface area contributed by atoms with Gasteiger partial charge in [0, 0.05) is 11.5 Å². The van der Waals surface area contributed by atoms with Crippen LogP contribution in [-0.4, -0.2) is 4.98 Å². The van der Waals surface area contributed by atoms with E-state index in [4.69, 9.17) is 5.26 Å². The van der Waals surface area contributed by atoms with Crippen molar-refractivity contribution >= 4 is 15.9 Å². The van der Waals surface area contributed by atoms with Gasteiger partial charge in [0.25, 0.3) is 6.43 Å². The molecule has 0 radical (unpaired) electrons. The molecular formula is C8H4BrF3N2. The van der Waals surface area contributed by atoms with Gasteiger partial charge in [-0.25, -0.2) is 13.8 Å². The summed E-state index contributed by atoms with van der Waals surface area (Å²) in [6, 6.07) is 1.55. The first kappa shape index (κ1) is 11.0. The van der Waals surface area contributed by atoms with Gasteiger partial charge >= 0.3 is 0 Å². The number of pyridine rings is 1. The number of nitriles is 1. The fourth-order valence-electron chi connectivity index (χ4n) is 0.977. The lowest BCUT2D eigenvalue weighted by atomic mass is 10.1. The first-order valence-electron chi connectivity index (χ1n) is 3.53. The minimum Gasteiger partial charge on any atom is -0.228 e. The summed E-state index contributed by atoms with van der Waals surface area (Å²) in [6.07, 6.45) is -1.97. The molecule has 0 aliphatic carbocycles.